The van der Waals surface area contributed by atoms with Gasteiger partial charge in [0.05, 0.1) is 10.6 Å². The number of carboxylic acids is 1. The molecule has 0 atom stereocenters. The molecule has 2 aromatic carbocycles. The largest absolute Gasteiger partial charge is 0.481 e. The summed E-state index contributed by atoms with van der Waals surface area (Å²) in [5.41, 5.74) is 0. The van der Waals surface area contributed by atoms with Crippen LogP contribution in [0.4, 0.5) is 0 Å². The monoisotopic (exact) mass is 306 g/mol. The first kappa shape index (κ1) is 15.5. The van der Waals surface area contributed by atoms with Crippen molar-refractivity contribution in [1.82, 2.24) is 0 Å². The maximum Gasteiger partial charge on any atom is 0.303 e. The minimum absolute atomic E-state index is 0.0605. The van der Waals surface area contributed by atoms with Crippen molar-refractivity contribution in [2.24, 2.45) is 0 Å². The predicted molar refractivity (Wildman–Crippen MR) is 82.1 cm³/mol. The number of rotatable bonds is 7. The van der Waals surface area contributed by atoms with Crippen LogP contribution < -0.4 is 0 Å². The number of benzene rings is 2. The minimum atomic E-state index is -3.30. The highest BCUT2D eigenvalue weighted by Gasteiger charge is 2.14. The van der Waals surface area contributed by atoms with Crippen LogP contribution in [0.15, 0.2) is 47.4 Å². The molecule has 0 aliphatic rings. The second kappa shape index (κ2) is 6.72. The lowest BCUT2D eigenvalue weighted by atomic mass is 10.1. The molecule has 0 unspecified atom stereocenters. The van der Waals surface area contributed by atoms with Crippen LogP contribution in [-0.2, 0) is 14.6 Å². The summed E-state index contributed by atoms with van der Waals surface area (Å²) in [6.07, 6.45) is 1.71. The van der Waals surface area contributed by atoms with Gasteiger partial charge in [0.25, 0.3) is 0 Å². The molecule has 0 saturated carbocycles. The number of sulfone groups is 1. The van der Waals surface area contributed by atoms with E-state index in [0.717, 1.165) is 10.8 Å². The molecule has 0 aromatic heterocycles. The van der Waals surface area contributed by atoms with Gasteiger partial charge in [0.15, 0.2) is 9.84 Å². The molecule has 2 rings (SSSR count). The fourth-order valence-electron chi connectivity index (χ4n) is 2.22. The molecule has 21 heavy (non-hydrogen) atoms. The summed E-state index contributed by atoms with van der Waals surface area (Å²) in [5, 5.41) is 10.5. The fraction of sp³-hybridized carbons (Fsp3) is 0.312. The highest BCUT2D eigenvalue weighted by Crippen LogP contribution is 2.20. The molecule has 0 aliphatic heterocycles. The molecule has 5 heteroatoms. The Balaban J connectivity index is 2.02. The van der Waals surface area contributed by atoms with Crippen molar-refractivity contribution in [3.8, 4) is 0 Å². The third kappa shape index (κ3) is 4.29. The predicted octanol–water partition coefficient (Wildman–Crippen LogP) is 3.26. The van der Waals surface area contributed by atoms with E-state index in [2.05, 4.69) is 0 Å². The summed E-state index contributed by atoms with van der Waals surface area (Å²) in [4.78, 5) is 10.7. The number of hydrogen-bond donors (Lipinski definition) is 1. The Morgan fingerprint density at radius 1 is 0.952 bits per heavy atom. The summed E-state index contributed by atoms with van der Waals surface area (Å²) < 4.78 is 24.5. The second-order valence-electron chi connectivity index (χ2n) is 5.03. The molecule has 0 bridgehead atoms. The van der Waals surface area contributed by atoms with Crippen LogP contribution >= 0.6 is 0 Å². The van der Waals surface area contributed by atoms with Crippen molar-refractivity contribution < 1.29 is 18.3 Å². The van der Waals surface area contributed by atoms with Gasteiger partial charge in [-0.2, -0.15) is 0 Å². The number of aliphatic carboxylic acids is 1. The Bertz CT molecular complexity index is 735. The molecule has 0 heterocycles. The number of hydrogen-bond acceptors (Lipinski definition) is 3. The summed E-state index contributed by atoms with van der Waals surface area (Å²) in [6, 6.07) is 12.8. The fourth-order valence-corrected chi connectivity index (χ4v) is 3.63. The van der Waals surface area contributed by atoms with Gasteiger partial charge in [-0.25, -0.2) is 8.42 Å². The Labute approximate surface area is 124 Å². The van der Waals surface area contributed by atoms with E-state index in [9.17, 15) is 13.2 Å². The molecule has 0 fully saturated rings. The molecule has 1 N–H and O–H groups in total. The van der Waals surface area contributed by atoms with E-state index in [0.29, 0.717) is 24.2 Å². The molecular weight excluding hydrogens is 288 g/mol. The van der Waals surface area contributed by atoms with Crippen molar-refractivity contribution in [1.29, 1.82) is 0 Å². The van der Waals surface area contributed by atoms with E-state index in [4.69, 9.17) is 5.11 Å². The van der Waals surface area contributed by atoms with Crippen molar-refractivity contribution in [3.05, 3.63) is 42.5 Å². The molecule has 4 nitrogen and oxygen atoms in total. The highest BCUT2D eigenvalue weighted by molar-refractivity contribution is 7.91. The molecular formula is C16H18O4S. The second-order valence-corrected chi connectivity index (χ2v) is 7.14. The van der Waals surface area contributed by atoms with Gasteiger partial charge in [0.1, 0.15) is 0 Å². The van der Waals surface area contributed by atoms with E-state index in [1.54, 1.807) is 12.1 Å². The minimum Gasteiger partial charge on any atom is -0.481 e. The van der Waals surface area contributed by atoms with Gasteiger partial charge in [-0.1, -0.05) is 36.8 Å². The maximum absolute atomic E-state index is 12.3. The average Bonchev–Trinajstić information content (AvgIpc) is 2.46. The number of carbonyl (C=O) groups is 1. The molecule has 2 aromatic rings. The van der Waals surface area contributed by atoms with Gasteiger partial charge in [-0.05, 0) is 35.7 Å². The topological polar surface area (TPSA) is 71.4 Å². The summed E-state index contributed by atoms with van der Waals surface area (Å²) in [5.74, 6) is -0.780. The number of unbranched alkanes of at least 4 members (excludes halogenated alkanes) is 2. The first-order valence-electron chi connectivity index (χ1n) is 6.92. The van der Waals surface area contributed by atoms with Gasteiger partial charge < -0.3 is 5.11 Å². The Morgan fingerprint density at radius 2 is 1.67 bits per heavy atom. The first-order chi connectivity index (χ1) is 9.99. The smallest absolute Gasteiger partial charge is 0.303 e. The van der Waals surface area contributed by atoms with E-state index < -0.39 is 15.8 Å². The average molecular weight is 306 g/mol. The zero-order valence-corrected chi connectivity index (χ0v) is 12.5. The third-order valence-electron chi connectivity index (χ3n) is 3.38. The molecule has 0 spiro atoms. The van der Waals surface area contributed by atoms with Gasteiger partial charge >= 0.3 is 5.97 Å². The lowest BCUT2D eigenvalue weighted by Crippen LogP contribution is -2.07. The van der Waals surface area contributed by atoms with Crippen molar-refractivity contribution in [2.45, 2.75) is 30.6 Å². The van der Waals surface area contributed by atoms with E-state index >= 15 is 0 Å². The molecule has 0 radical (unpaired) electrons. The lowest BCUT2D eigenvalue weighted by molar-refractivity contribution is -0.137. The third-order valence-corrected chi connectivity index (χ3v) is 5.18. The molecule has 0 aliphatic carbocycles. The first-order valence-corrected chi connectivity index (χ1v) is 8.58. The van der Waals surface area contributed by atoms with Crippen LogP contribution in [0.1, 0.15) is 25.7 Å². The van der Waals surface area contributed by atoms with E-state index in [1.807, 2.05) is 30.3 Å². The van der Waals surface area contributed by atoms with Crippen molar-refractivity contribution in [3.63, 3.8) is 0 Å². The quantitative estimate of drug-likeness (QED) is 0.797. The lowest BCUT2D eigenvalue weighted by Gasteiger charge is -2.06. The van der Waals surface area contributed by atoms with Gasteiger partial charge in [0.2, 0.25) is 0 Å². The summed E-state index contributed by atoms with van der Waals surface area (Å²) in [6.45, 7) is 0. The zero-order chi connectivity index (χ0) is 15.3. The molecule has 0 amide bonds. The summed E-state index contributed by atoms with van der Waals surface area (Å²) in [7, 11) is -3.30. The van der Waals surface area contributed by atoms with Crippen LogP contribution in [0.5, 0.6) is 0 Å². The number of fused-ring (bicyclic) bond motifs is 1. The van der Waals surface area contributed by atoms with Crippen LogP contribution in [0.25, 0.3) is 10.8 Å². The Hall–Kier alpha value is -1.88. The summed E-state index contributed by atoms with van der Waals surface area (Å²) >= 11 is 0. The standard InChI is InChI=1S/C16H18O4S/c17-16(18)8-2-1-5-11-21(19,20)15-10-9-13-6-3-4-7-14(13)12-15/h3-4,6-7,9-10,12H,1-2,5,8,11H2,(H,17,18). The number of carboxylic acid groups (broad SMARTS) is 1. The van der Waals surface area contributed by atoms with Gasteiger partial charge in [-0.3, -0.25) is 4.79 Å². The van der Waals surface area contributed by atoms with Gasteiger partial charge in [-0.15, -0.1) is 0 Å². The van der Waals surface area contributed by atoms with Crippen molar-refractivity contribution >= 4 is 26.6 Å². The molecule has 0 saturated heterocycles. The van der Waals surface area contributed by atoms with E-state index in [-0.39, 0.29) is 12.2 Å². The van der Waals surface area contributed by atoms with Crippen LogP contribution in [-0.4, -0.2) is 25.2 Å². The van der Waals surface area contributed by atoms with E-state index in [1.165, 1.54) is 0 Å². The Kier molecular flexibility index (Phi) is 4.96. The maximum atomic E-state index is 12.3. The SMILES string of the molecule is O=C(O)CCCCCS(=O)(=O)c1ccc2ccccc2c1. The normalized spacial score (nSPS) is 11.6. The zero-order valence-electron chi connectivity index (χ0n) is 11.7. The van der Waals surface area contributed by atoms with Crippen molar-refractivity contribution in [2.75, 3.05) is 5.75 Å². The van der Waals surface area contributed by atoms with Crippen LogP contribution in [0.3, 0.4) is 0 Å². The Morgan fingerprint density at radius 3 is 2.38 bits per heavy atom. The molecule has 112 valence electrons. The van der Waals surface area contributed by atoms with Crippen LogP contribution in [0, 0.1) is 0 Å². The van der Waals surface area contributed by atoms with Gasteiger partial charge in [0, 0.05) is 6.42 Å². The van der Waals surface area contributed by atoms with Crippen LogP contribution in [0.2, 0.25) is 0 Å². The highest BCUT2D eigenvalue weighted by atomic mass is 32.2.